The van der Waals surface area contributed by atoms with Gasteiger partial charge in [-0.1, -0.05) is 24.3 Å². The molecule has 1 aliphatic carbocycles. The summed E-state index contributed by atoms with van der Waals surface area (Å²) >= 11 is 1.46. The molecule has 1 amide bonds. The van der Waals surface area contributed by atoms with Crippen molar-refractivity contribution in [2.24, 2.45) is 0 Å². The second-order valence-electron chi connectivity index (χ2n) is 8.47. The lowest BCUT2D eigenvalue weighted by Gasteiger charge is -2.48. The lowest BCUT2D eigenvalue weighted by Crippen LogP contribution is -2.54. The van der Waals surface area contributed by atoms with Gasteiger partial charge in [0.2, 0.25) is 11.6 Å². The SMILES string of the molecule is O=C1C(=O)c2ccccc2C2=C1SCC1(CCN(C3CCN(C(=O)O)CC3)CC1)O2. The number of piperidine rings is 2. The van der Waals surface area contributed by atoms with E-state index in [-0.39, 0.29) is 5.60 Å². The molecule has 30 heavy (non-hydrogen) atoms. The first-order valence-electron chi connectivity index (χ1n) is 10.4. The molecule has 0 aromatic heterocycles. The molecule has 5 rings (SSSR count). The fraction of sp³-hybridized carbons (Fsp3) is 0.500. The highest BCUT2D eigenvalue weighted by molar-refractivity contribution is 8.04. The van der Waals surface area contributed by atoms with Gasteiger partial charge >= 0.3 is 6.09 Å². The summed E-state index contributed by atoms with van der Waals surface area (Å²) in [6.07, 6.45) is 2.63. The van der Waals surface area contributed by atoms with E-state index in [4.69, 9.17) is 9.84 Å². The van der Waals surface area contributed by atoms with Gasteiger partial charge in [-0.2, -0.15) is 0 Å². The Bertz CT molecular complexity index is 943. The third-order valence-corrected chi connectivity index (χ3v) is 8.12. The number of rotatable bonds is 1. The Morgan fingerprint density at radius 2 is 1.70 bits per heavy atom. The van der Waals surface area contributed by atoms with Crippen molar-refractivity contribution in [2.75, 3.05) is 31.9 Å². The highest BCUT2D eigenvalue weighted by Crippen LogP contribution is 2.47. The molecule has 7 nitrogen and oxygen atoms in total. The van der Waals surface area contributed by atoms with Crippen LogP contribution in [-0.2, 0) is 9.53 Å². The van der Waals surface area contributed by atoms with Crippen molar-refractivity contribution in [3.05, 3.63) is 40.3 Å². The number of hydrogen-bond donors (Lipinski definition) is 1. The van der Waals surface area contributed by atoms with Crippen LogP contribution in [0.5, 0.6) is 0 Å². The topological polar surface area (TPSA) is 87.2 Å². The number of likely N-dealkylation sites (tertiary alicyclic amines) is 2. The number of fused-ring (bicyclic) bond motifs is 2. The number of allylic oxidation sites excluding steroid dienone is 1. The summed E-state index contributed by atoms with van der Waals surface area (Å²) < 4.78 is 6.52. The minimum Gasteiger partial charge on any atom is -0.484 e. The second-order valence-corrected chi connectivity index (χ2v) is 9.46. The summed E-state index contributed by atoms with van der Waals surface area (Å²) in [5.41, 5.74) is 0.837. The van der Waals surface area contributed by atoms with Gasteiger partial charge in [0.15, 0.2) is 0 Å². The molecule has 158 valence electrons. The molecular formula is C22H24N2O5S. The summed E-state index contributed by atoms with van der Waals surface area (Å²) in [7, 11) is 0. The molecule has 0 bridgehead atoms. The third-order valence-electron chi connectivity index (χ3n) is 6.79. The number of carboxylic acid groups (broad SMARTS) is 1. The van der Waals surface area contributed by atoms with E-state index in [2.05, 4.69) is 4.90 Å². The van der Waals surface area contributed by atoms with Crippen LogP contribution in [0.4, 0.5) is 4.79 Å². The van der Waals surface area contributed by atoms with E-state index >= 15 is 0 Å². The maximum absolute atomic E-state index is 12.6. The van der Waals surface area contributed by atoms with Gasteiger partial charge in [0.1, 0.15) is 16.3 Å². The van der Waals surface area contributed by atoms with Crippen molar-refractivity contribution in [1.29, 1.82) is 0 Å². The normalized spacial score (nSPS) is 24.5. The number of carbonyl (C=O) groups is 3. The van der Waals surface area contributed by atoms with Crippen LogP contribution in [0.1, 0.15) is 41.6 Å². The van der Waals surface area contributed by atoms with Crippen molar-refractivity contribution in [3.8, 4) is 0 Å². The Kier molecular flexibility index (Phi) is 4.86. The molecule has 2 saturated heterocycles. The van der Waals surface area contributed by atoms with Crippen LogP contribution in [0.3, 0.4) is 0 Å². The zero-order chi connectivity index (χ0) is 20.9. The Morgan fingerprint density at radius 3 is 2.37 bits per heavy atom. The fourth-order valence-corrected chi connectivity index (χ4v) is 6.24. The van der Waals surface area contributed by atoms with Gasteiger partial charge in [0.25, 0.3) is 0 Å². The highest BCUT2D eigenvalue weighted by atomic mass is 32.2. The number of carbonyl (C=O) groups excluding carboxylic acids is 2. The van der Waals surface area contributed by atoms with Gasteiger partial charge < -0.3 is 14.7 Å². The monoisotopic (exact) mass is 428 g/mol. The molecule has 0 unspecified atom stereocenters. The first-order valence-corrected chi connectivity index (χ1v) is 11.4. The smallest absolute Gasteiger partial charge is 0.407 e. The molecule has 1 spiro atoms. The Balaban J connectivity index is 1.29. The summed E-state index contributed by atoms with van der Waals surface area (Å²) in [5, 5.41) is 9.14. The van der Waals surface area contributed by atoms with Gasteiger partial charge in [-0.3, -0.25) is 14.5 Å². The van der Waals surface area contributed by atoms with Crippen LogP contribution >= 0.6 is 11.8 Å². The largest absolute Gasteiger partial charge is 0.484 e. The Hall–Kier alpha value is -2.32. The zero-order valence-corrected chi connectivity index (χ0v) is 17.5. The molecule has 0 radical (unpaired) electrons. The fourth-order valence-electron chi connectivity index (χ4n) is 4.98. The van der Waals surface area contributed by atoms with Gasteiger partial charge in [0.05, 0.1) is 0 Å². The molecule has 1 N–H and O–H groups in total. The molecule has 8 heteroatoms. The molecule has 3 heterocycles. The summed E-state index contributed by atoms with van der Waals surface area (Å²) in [6.45, 7) is 2.99. The van der Waals surface area contributed by atoms with Crippen molar-refractivity contribution in [1.82, 2.24) is 9.80 Å². The van der Waals surface area contributed by atoms with Crippen LogP contribution in [0, 0.1) is 0 Å². The molecular weight excluding hydrogens is 404 g/mol. The molecule has 0 saturated carbocycles. The van der Waals surface area contributed by atoms with Crippen molar-refractivity contribution < 1.29 is 24.2 Å². The number of Topliss-reactive ketones (excluding diaryl/α,β-unsaturated/α-hetero) is 2. The predicted molar refractivity (Wildman–Crippen MR) is 112 cm³/mol. The van der Waals surface area contributed by atoms with Crippen LogP contribution in [-0.4, -0.2) is 76.1 Å². The first-order chi connectivity index (χ1) is 14.5. The van der Waals surface area contributed by atoms with Gasteiger partial charge in [-0.25, -0.2) is 4.79 Å². The molecule has 0 atom stereocenters. The Morgan fingerprint density at radius 1 is 1.03 bits per heavy atom. The minimum atomic E-state index is -0.830. The number of ether oxygens (including phenoxy) is 1. The molecule has 3 aliphatic heterocycles. The number of hydrogen-bond acceptors (Lipinski definition) is 6. The van der Waals surface area contributed by atoms with Crippen LogP contribution in [0.2, 0.25) is 0 Å². The maximum atomic E-state index is 12.6. The standard InChI is InChI=1S/C22H24N2O5S/c25-17-15-3-1-2-4-16(15)19-20(18(17)26)30-13-22(29-19)7-11-23(12-8-22)14-5-9-24(10-6-14)21(27)28/h1-4,14H,5-13H2,(H,27,28). The van der Waals surface area contributed by atoms with Gasteiger partial charge in [0, 0.05) is 61.9 Å². The van der Waals surface area contributed by atoms with Crippen LogP contribution in [0.25, 0.3) is 5.76 Å². The lowest BCUT2D eigenvalue weighted by molar-refractivity contribution is -0.111. The van der Waals surface area contributed by atoms with Crippen molar-refractivity contribution in [3.63, 3.8) is 0 Å². The summed E-state index contributed by atoms with van der Waals surface area (Å²) in [6, 6.07) is 7.61. The van der Waals surface area contributed by atoms with E-state index in [1.807, 2.05) is 12.1 Å². The average molecular weight is 429 g/mol. The number of amides is 1. The third kappa shape index (κ3) is 3.22. The molecule has 2 fully saturated rings. The van der Waals surface area contributed by atoms with Gasteiger partial charge in [-0.15, -0.1) is 11.8 Å². The highest BCUT2D eigenvalue weighted by Gasteiger charge is 2.46. The van der Waals surface area contributed by atoms with Gasteiger partial charge in [-0.05, 0) is 12.8 Å². The predicted octanol–water partition coefficient (Wildman–Crippen LogP) is 2.86. The average Bonchev–Trinajstić information content (AvgIpc) is 2.78. The van der Waals surface area contributed by atoms with E-state index in [0.717, 1.165) is 44.3 Å². The van der Waals surface area contributed by atoms with Crippen LogP contribution in [0.15, 0.2) is 29.2 Å². The lowest BCUT2D eigenvalue weighted by atomic mass is 9.88. The number of benzene rings is 1. The zero-order valence-electron chi connectivity index (χ0n) is 16.6. The number of nitrogens with zero attached hydrogens (tertiary/aromatic N) is 2. The second kappa shape index (κ2) is 7.42. The van der Waals surface area contributed by atoms with Crippen molar-refractivity contribution >= 4 is 35.2 Å². The first kappa shape index (κ1) is 19.6. The maximum Gasteiger partial charge on any atom is 0.407 e. The van der Waals surface area contributed by atoms with Crippen LogP contribution < -0.4 is 0 Å². The van der Waals surface area contributed by atoms with E-state index in [1.54, 1.807) is 12.1 Å². The molecule has 4 aliphatic rings. The summed E-state index contributed by atoms with van der Waals surface area (Å²) in [5.74, 6) is 0.359. The van der Waals surface area contributed by atoms with E-state index in [9.17, 15) is 14.4 Å². The minimum absolute atomic E-state index is 0.324. The summed E-state index contributed by atoms with van der Waals surface area (Å²) in [4.78, 5) is 40.5. The van der Waals surface area contributed by atoms with Crippen molar-refractivity contribution in [2.45, 2.75) is 37.3 Å². The molecule has 1 aromatic rings. The number of thioether (sulfide) groups is 1. The van der Waals surface area contributed by atoms with E-state index in [1.165, 1.54) is 16.7 Å². The Labute approximate surface area is 179 Å². The molecule has 1 aromatic carbocycles. The quantitative estimate of drug-likeness (QED) is 0.688. The number of ketones is 2. The van der Waals surface area contributed by atoms with E-state index < -0.39 is 17.7 Å². The van der Waals surface area contributed by atoms with E-state index in [0.29, 0.717) is 41.1 Å².